The Balaban J connectivity index is 1.28. The van der Waals surface area contributed by atoms with Crippen LogP contribution in [-0.4, -0.2) is 93.7 Å². The number of amides is 4. The molecule has 0 aliphatic carbocycles. The van der Waals surface area contributed by atoms with E-state index in [0.717, 1.165) is 37.9 Å². The van der Waals surface area contributed by atoms with Gasteiger partial charge in [0.1, 0.15) is 0 Å². The molecule has 3 atom stereocenters. The van der Waals surface area contributed by atoms with E-state index in [2.05, 4.69) is 21.3 Å². The van der Waals surface area contributed by atoms with E-state index < -0.39 is 0 Å². The molecule has 2 rings (SSSR count). The third-order valence-corrected chi connectivity index (χ3v) is 6.96. The Kier molecular flexibility index (Phi) is 14.2. The number of carbonyl (C=O) groups excluding carboxylic acids is 3. The van der Waals surface area contributed by atoms with Crippen LogP contribution in [0.1, 0.15) is 45.4 Å². The van der Waals surface area contributed by atoms with E-state index in [4.69, 9.17) is 14.2 Å². The fourth-order valence-electron chi connectivity index (χ4n) is 3.75. The molecule has 2 fully saturated rings. The van der Waals surface area contributed by atoms with Gasteiger partial charge in [0.05, 0.1) is 38.5 Å². The van der Waals surface area contributed by atoms with Gasteiger partial charge < -0.3 is 35.5 Å². The van der Waals surface area contributed by atoms with Gasteiger partial charge >= 0.3 is 6.03 Å². The molecule has 0 aromatic heterocycles. The molecule has 2 saturated heterocycles. The summed E-state index contributed by atoms with van der Waals surface area (Å²) >= 11 is 1.91. The minimum Gasteiger partial charge on any atom is -0.379 e. The van der Waals surface area contributed by atoms with E-state index >= 15 is 0 Å². The molecule has 33 heavy (non-hydrogen) atoms. The smallest absolute Gasteiger partial charge is 0.315 e. The van der Waals surface area contributed by atoms with Gasteiger partial charge in [-0.25, -0.2) is 4.79 Å². The fourth-order valence-corrected chi connectivity index (χ4v) is 5.29. The number of fused-ring (bicyclic) bond motifs is 1. The van der Waals surface area contributed by atoms with Crippen LogP contribution < -0.4 is 21.3 Å². The van der Waals surface area contributed by atoms with Crippen LogP contribution in [0.2, 0.25) is 0 Å². The summed E-state index contributed by atoms with van der Waals surface area (Å²) in [4.78, 5) is 34.0. The average Bonchev–Trinajstić information content (AvgIpc) is 3.33. The van der Waals surface area contributed by atoms with Crippen molar-refractivity contribution in [1.82, 2.24) is 21.3 Å². The lowest BCUT2D eigenvalue weighted by Crippen LogP contribution is -2.36. The number of hydrogen-bond donors (Lipinski definition) is 4. The summed E-state index contributed by atoms with van der Waals surface area (Å²) in [7, 11) is 0. The molecule has 4 amide bonds. The Morgan fingerprint density at radius 2 is 1.55 bits per heavy atom. The van der Waals surface area contributed by atoms with Crippen molar-refractivity contribution in [2.75, 3.05) is 58.5 Å². The third-order valence-electron chi connectivity index (χ3n) is 5.45. The molecule has 2 aliphatic rings. The zero-order valence-electron chi connectivity index (χ0n) is 19.7. The highest BCUT2D eigenvalue weighted by molar-refractivity contribution is 8.00. The fraction of sp³-hybridized carbons (Fsp3) is 0.864. The van der Waals surface area contributed by atoms with Crippen LogP contribution in [0.3, 0.4) is 0 Å². The van der Waals surface area contributed by atoms with E-state index in [0.29, 0.717) is 64.4 Å². The van der Waals surface area contributed by atoms with Crippen LogP contribution in [0, 0.1) is 0 Å². The van der Waals surface area contributed by atoms with Gasteiger partial charge in [-0.3, -0.25) is 9.59 Å². The van der Waals surface area contributed by atoms with Gasteiger partial charge in [0.25, 0.3) is 0 Å². The van der Waals surface area contributed by atoms with Crippen molar-refractivity contribution >= 4 is 29.6 Å². The van der Waals surface area contributed by atoms with E-state index in [1.165, 1.54) is 6.92 Å². The molecule has 11 heteroatoms. The van der Waals surface area contributed by atoms with Crippen LogP contribution in [0.4, 0.5) is 4.79 Å². The molecule has 0 aromatic rings. The predicted molar refractivity (Wildman–Crippen MR) is 127 cm³/mol. The molecule has 10 nitrogen and oxygen atoms in total. The summed E-state index contributed by atoms with van der Waals surface area (Å²) in [6, 6.07) is 0.447. The van der Waals surface area contributed by atoms with Gasteiger partial charge in [0.15, 0.2) is 0 Å². The molecular weight excluding hydrogens is 448 g/mol. The summed E-state index contributed by atoms with van der Waals surface area (Å²) < 4.78 is 16.3. The largest absolute Gasteiger partial charge is 0.379 e. The Morgan fingerprint density at radius 1 is 0.909 bits per heavy atom. The first kappa shape index (κ1) is 27.7. The first-order valence-corrected chi connectivity index (χ1v) is 13.0. The first-order valence-electron chi connectivity index (χ1n) is 12.0. The molecular formula is C22H40N4O6S. The molecule has 190 valence electrons. The maximum absolute atomic E-state index is 11.9. The number of hydrogen-bond acceptors (Lipinski definition) is 7. The second kappa shape index (κ2) is 17.0. The molecule has 2 heterocycles. The number of nitrogens with one attached hydrogen (secondary N) is 4. The SMILES string of the molecule is CC(=O)NCCCOCCOCCOCCCNC(=O)CCCC[C@@H]1SC[C@@H]2NC(=O)N[C@H]21. The van der Waals surface area contributed by atoms with E-state index in [9.17, 15) is 14.4 Å². The molecule has 0 saturated carbocycles. The van der Waals surface area contributed by atoms with Gasteiger partial charge in [0.2, 0.25) is 11.8 Å². The maximum atomic E-state index is 11.9. The van der Waals surface area contributed by atoms with Gasteiger partial charge in [0, 0.05) is 50.7 Å². The number of thioether (sulfide) groups is 1. The minimum atomic E-state index is -0.0522. The lowest BCUT2D eigenvalue weighted by molar-refractivity contribution is -0.121. The molecule has 4 N–H and O–H groups in total. The Labute approximate surface area is 201 Å². The number of unbranched alkanes of at least 4 members (excludes halogenated alkanes) is 1. The van der Waals surface area contributed by atoms with Crippen LogP contribution in [0.5, 0.6) is 0 Å². The van der Waals surface area contributed by atoms with Crippen LogP contribution in [0.25, 0.3) is 0 Å². The van der Waals surface area contributed by atoms with E-state index in [1.54, 1.807) is 0 Å². The third kappa shape index (κ3) is 12.5. The van der Waals surface area contributed by atoms with Gasteiger partial charge in [-0.05, 0) is 25.7 Å². The highest BCUT2D eigenvalue weighted by Gasteiger charge is 2.42. The highest BCUT2D eigenvalue weighted by atomic mass is 32.2. The van der Waals surface area contributed by atoms with Crippen molar-refractivity contribution < 1.29 is 28.6 Å². The minimum absolute atomic E-state index is 0.0241. The summed E-state index contributed by atoms with van der Waals surface area (Å²) in [6.45, 7) is 6.02. The van der Waals surface area contributed by atoms with Crippen LogP contribution in [-0.2, 0) is 23.8 Å². The summed E-state index contributed by atoms with van der Waals surface area (Å²) in [5.74, 6) is 1.03. The lowest BCUT2D eigenvalue weighted by atomic mass is 10.0. The molecule has 0 aromatic carbocycles. The number of rotatable bonds is 19. The molecule has 0 spiro atoms. The van der Waals surface area contributed by atoms with Crippen molar-refractivity contribution in [2.45, 2.75) is 62.8 Å². The summed E-state index contributed by atoms with van der Waals surface area (Å²) in [5, 5.41) is 12.1. The second-order valence-electron chi connectivity index (χ2n) is 8.24. The van der Waals surface area contributed by atoms with Gasteiger partial charge in [-0.2, -0.15) is 11.8 Å². The Bertz CT molecular complexity index is 597. The monoisotopic (exact) mass is 488 g/mol. The standard InChI is InChI=1S/C22H40N4O6S/c1-17(27)23-8-4-10-30-12-14-32-15-13-31-11-5-9-24-20(28)7-3-2-6-19-21-18(16-33-19)25-22(29)26-21/h18-19,21H,2-16H2,1H3,(H,23,27)(H,24,28)(H2,25,26,29)/t18-,19-,21+/m0/s1. The normalized spacial score (nSPS) is 21.4. The van der Waals surface area contributed by atoms with Crippen LogP contribution >= 0.6 is 11.8 Å². The Hall–Kier alpha value is -1.56. The molecule has 0 unspecified atom stereocenters. The second-order valence-corrected chi connectivity index (χ2v) is 9.52. The topological polar surface area (TPSA) is 127 Å². The summed E-state index contributed by atoms with van der Waals surface area (Å²) in [5.41, 5.74) is 0. The quantitative estimate of drug-likeness (QED) is 0.156. The Morgan fingerprint density at radius 3 is 2.21 bits per heavy atom. The predicted octanol–water partition coefficient (Wildman–Crippen LogP) is 0.795. The maximum Gasteiger partial charge on any atom is 0.315 e. The van der Waals surface area contributed by atoms with Crippen molar-refractivity contribution in [3.05, 3.63) is 0 Å². The number of carbonyl (C=O) groups is 3. The van der Waals surface area contributed by atoms with E-state index in [1.807, 2.05) is 11.8 Å². The number of urea groups is 1. The zero-order valence-corrected chi connectivity index (χ0v) is 20.5. The average molecular weight is 489 g/mol. The van der Waals surface area contributed by atoms with Crippen molar-refractivity contribution in [2.24, 2.45) is 0 Å². The highest BCUT2D eigenvalue weighted by Crippen LogP contribution is 2.33. The van der Waals surface area contributed by atoms with Gasteiger partial charge in [-0.1, -0.05) is 6.42 Å². The van der Waals surface area contributed by atoms with Crippen molar-refractivity contribution in [1.29, 1.82) is 0 Å². The van der Waals surface area contributed by atoms with Crippen molar-refractivity contribution in [3.8, 4) is 0 Å². The molecule has 0 radical (unpaired) electrons. The zero-order chi connectivity index (χ0) is 23.7. The molecule has 0 bridgehead atoms. The molecule has 2 aliphatic heterocycles. The lowest BCUT2D eigenvalue weighted by Gasteiger charge is -2.16. The van der Waals surface area contributed by atoms with Gasteiger partial charge in [-0.15, -0.1) is 0 Å². The van der Waals surface area contributed by atoms with E-state index in [-0.39, 0.29) is 29.9 Å². The van der Waals surface area contributed by atoms with Crippen molar-refractivity contribution in [3.63, 3.8) is 0 Å². The van der Waals surface area contributed by atoms with Crippen LogP contribution in [0.15, 0.2) is 0 Å². The summed E-state index contributed by atoms with van der Waals surface area (Å²) in [6.07, 6.45) is 5.00. The first-order chi connectivity index (χ1) is 16.1. The number of ether oxygens (including phenoxy) is 3.